The van der Waals surface area contributed by atoms with Gasteiger partial charge in [-0.15, -0.1) is 0 Å². The Bertz CT molecular complexity index is 429. The van der Waals surface area contributed by atoms with Crippen molar-refractivity contribution in [3.8, 4) is 5.75 Å². The van der Waals surface area contributed by atoms with E-state index >= 15 is 0 Å². The van der Waals surface area contributed by atoms with E-state index in [1.54, 1.807) is 6.07 Å². The van der Waals surface area contributed by atoms with E-state index in [-0.39, 0.29) is 5.82 Å². The second-order valence-corrected chi connectivity index (χ2v) is 6.04. The summed E-state index contributed by atoms with van der Waals surface area (Å²) in [4.78, 5) is 0. The Morgan fingerprint density at radius 2 is 2.17 bits per heavy atom. The topological polar surface area (TPSA) is 38.3 Å². The number of hydrogen-bond donors (Lipinski definition) is 1. The zero-order chi connectivity index (χ0) is 13.0. The van der Waals surface area contributed by atoms with E-state index in [1.165, 1.54) is 12.1 Å². The van der Waals surface area contributed by atoms with Crippen LogP contribution in [0.25, 0.3) is 0 Å². The SMILES string of the molecule is CCOc1cc(F)ccc1NC1CCS(=O)CC1. The predicted octanol–water partition coefficient (Wildman–Crippen LogP) is 2.55. The summed E-state index contributed by atoms with van der Waals surface area (Å²) in [5.41, 5.74) is 0.816. The Kier molecular flexibility index (Phi) is 4.58. The largest absolute Gasteiger partial charge is 0.492 e. The third-order valence-electron chi connectivity index (χ3n) is 2.99. The first-order valence-corrected chi connectivity index (χ1v) is 7.71. The molecule has 1 aliphatic heterocycles. The molecule has 0 aromatic heterocycles. The van der Waals surface area contributed by atoms with Crippen molar-refractivity contribution in [2.75, 3.05) is 23.4 Å². The van der Waals surface area contributed by atoms with Crippen LogP contribution in [-0.4, -0.2) is 28.4 Å². The quantitative estimate of drug-likeness (QED) is 0.914. The predicted molar refractivity (Wildman–Crippen MR) is 72.1 cm³/mol. The Hall–Kier alpha value is -1.10. The number of ether oxygens (including phenoxy) is 1. The van der Waals surface area contributed by atoms with Crippen LogP contribution in [0.1, 0.15) is 19.8 Å². The van der Waals surface area contributed by atoms with Gasteiger partial charge in [-0.3, -0.25) is 4.21 Å². The minimum atomic E-state index is -0.663. The number of anilines is 1. The van der Waals surface area contributed by atoms with E-state index < -0.39 is 10.8 Å². The molecule has 0 saturated carbocycles. The first-order chi connectivity index (χ1) is 8.69. The molecular formula is C13H18FNO2S. The lowest BCUT2D eigenvalue weighted by atomic mass is 10.1. The maximum absolute atomic E-state index is 13.2. The van der Waals surface area contributed by atoms with Crippen molar-refractivity contribution in [3.05, 3.63) is 24.0 Å². The standard InChI is InChI=1S/C13H18FNO2S/c1-2-17-13-9-10(14)3-4-12(13)15-11-5-7-18(16)8-6-11/h3-4,9,11,15H,2,5-8H2,1H3. The summed E-state index contributed by atoms with van der Waals surface area (Å²) in [7, 11) is -0.663. The third-order valence-corrected chi connectivity index (χ3v) is 4.37. The highest BCUT2D eigenvalue weighted by Gasteiger charge is 2.18. The fraction of sp³-hybridized carbons (Fsp3) is 0.538. The maximum atomic E-state index is 13.2. The van der Waals surface area contributed by atoms with E-state index in [2.05, 4.69) is 5.32 Å². The lowest BCUT2D eigenvalue weighted by Gasteiger charge is -2.24. The summed E-state index contributed by atoms with van der Waals surface area (Å²) >= 11 is 0. The van der Waals surface area contributed by atoms with Crippen LogP contribution in [0.4, 0.5) is 10.1 Å². The fourth-order valence-electron chi connectivity index (χ4n) is 2.05. The van der Waals surface area contributed by atoms with Crippen LogP contribution in [-0.2, 0) is 10.8 Å². The van der Waals surface area contributed by atoms with Crippen LogP contribution in [0.5, 0.6) is 5.75 Å². The molecule has 0 unspecified atom stereocenters. The molecule has 1 saturated heterocycles. The average molecular weight is 271 g/mol. The van der Waals surface area contributed by atoms with Crippen molar-refractivity contribution in [2.45, 2.75) is 25.8 Å². The van der Waals surface area contributed by atoms with Crippen LogP contribution in [0.3, 0.4) is 0 Å². The summed E-state index contributed by atoms with van der Waals surface area (Å²) in [5.74, 6) is 1.73. The number of nitrogens with one attached hydrogen (secondary N) is 1. The molecule has 5 heteroatoms. The molecule has 1 aromatic carbocycles. The minimum Gasteiger partial charge on any atom is -0.492 e. The zero-order valence-electron chi connectivity index (χ0n) is 10.4. The Labute approximate surface area is 109 Å². The van der Waals surface area contributed by atoms with E-state index in [0.717, 1.165) is 30.0 Å². The van der Waals surface area contributed by atoms with E-state index in [9.17, 15) is 8.60 Å². The van der Waals surface area contributed by atoms with Crippen molar-refractivity contribution < 1.29 is 13.3 Å². The van der Waals surface area contributed by atoms with Gasteiger partial charge in [0.25, 0.3) is 0 Å². The molecule has 0 spiro atoms. The summed E-state index contributed by atoms with van der Waals surface area (Å²) in [6.07, 6.45) is 1.77. The Morgan fingerprint density at radius 1 is 1.44 bits per heavy atom. The fourth-order valence-corrected chi connectivity index (χ4v) is 3.35. The van der Waals surface area contributed by atoms with Crippen LogP contribution < -0.4 is 10.1 Å². The van der Waals surface area contributed by atoms with Gasteiger partial charge in [-0.25, -0.2) is 4.39 Å². The molecule has 0 bridgehead atoms. The van der Waals surface area contributed by atoms with Gasteiger partial charge >= 0.3 is 0 Å². The highest BCUT2D eigenvalue weighted by Crippen LogP contribution is 2.27. The highest BCUT2D eigenvalue weighted by atomic mass is 32.2. The monoisotopic (exact) mass is 271 g/mol. The number of hydrogen-bond acceptors (Lipinski definition) is 3. The number of benzene rings is 1. The van der Waals surface area contributed by atoms with Gasteiger partial charge in [-0.2, -0.15) is 0 Å². The molecule has 1 aromatic rings. The van der Waals surface area contributed by atoms with Gasteiger partial charge in [-0.1, -0.05) is 0 Å². The van der Waals surface area contributed by atoms with E-state index in [4.69, 9.17) is 4.74 Å². The van der Waals surface area contributed by atoms with Crippen molar-refractivity contribution in [2.24, 2.45) is 0 Å². The van der Waals surface area contributed by atoms with Gasteiger partial charge in [0.1, 0.15) is 11.6 Å². The molecular weight excluding hydrogens is 253 g/mol. The van der Waals surface area contributed by atoms with E-state index in [1.807, 2.05) is 6.92 Å². The molecule has 0 amide bonds. The summed E-state index contributed by atoms with van der Waals surface area (Å²) < 4.78 is 29.9. The lowest BCUT2D eigenvalue weighted by molar-refractivity contribution is 0.339. The molecule has 2 rings (SSSR count). The van der Waals surface area contributed by atoms with Crippen molar-refractivity contribution in [3.63, 3.8) is 0 Å². The molecule has 1 aliphatic rings. The second kappa shape index (κ2) is 6.18. The van der Waals surface area contributed by atoms with Gasteiger partial charge in [0.15, 0.2) is 0 Å². The van der Waals surface area contributed by atoms with Gasteiger partial charge < -0.3 is 10.1 Å². The molecule has 1 fully saturated rings. The first-order valence-electron chi connectivity index (χ1n) is 6.23. The van der Waals surface area contributed by atoms with Crippen molar-refractivity contribution >= 4 is 16.5 Å². The molecule has 1 heterocycles. The lowest BCUT2D eigenvalue weighted by Crippen LogP contribution is -2.29. The van der Waals surface area contributed by atoms with Crippen molar-refractivity contribution in [1.82, 2.24) is 0 Å². The highest BCUT2D eigenvalue weighted by molar-refractivity contribution is 7.85. The van der Waals surface area contributed by atoms with Gasteiger partial charge in [0, 0.05) is 34.4 Å². The smallest absolute Gasteiger partial charge is 0.145 e. The third kappa shape index (κ3) is 3.45. The first kappa shape index (κ1) is 13.3. The molecule has 1 N–H and O–H groups in total. The van der Waals surface area contributed by atoms with Crippen LogP contribution in [0.15, 0.2) is 18.2 Å². The summed E-state index contributed by atoms with van der Waals surface area (Å²) in [6.45, 7) is 2.38. The number of halogens is 1. The van der Waals surface area contributed by atoms with Gasteiger partial charge in [0.2, 0.25) is 0 Å². The second-order valence-electron chi connectivity index (χ2n) is 4.34. The Balaban J connectivity index is 2.05. The van der Waals surface area contributed by atoms with Crippen LogP contribution in [0, 0.1) is 5.82 Å². The van der Waals surface area contributed by atoms with E-state index in [0.29, 0.717) is 18.4 Å². The Morgan fingerprint density at radius 3 is 2.83 bits per heavy atom. The van der Waals surface area contributed by atoms with Gasteiger partial charge in [-0.05, 0) is 31.9 Å². The molecule has 100 valence electrons. The van der Waals surface area contributed by atoms with Crippen LogP contribution >= 0.6 is 0 Å². The molecule has 0 radical (unpaired) electrons. The van der Waals surface area contributed by atoms with Crippen LogP contribution in [0.2, 0.25) is 0 Å². The minimum absolute atomic E-state index is 0.297. The maximum Gasteiger partial charge on any atom is 0.145 e. The molecule has 0 aliphatic carbocycles. The number of rotatable bonds is 4. The summed E-state index contributed by atoms with van der Waals surface area (Å²) in [5, 5.41) is 3.36. The van der Waals surface area contributed by atoms with Gasteiger partial charge in [0.05, 0.1) is 12.3 Å². The molecule has 0 atom stereocenters. The summed E-state index contributed by atoms with van der Waals surface area (Å²) in [6, 6.07) is 4.82. The molecule has 18 heavy (non-hydrogen) atoms. The normalized spacial score (nSPS) is 23.7. The van der Waals surface area contributed by atoms with Crippen molar-refractivity contribution in [1.29, 1.82) is 0 Å². The average Bonchev–Trinajstić information content (AvgIpc) is 2.36. The molecule has 3 nitrogen and oxygen atoms in total. The zero-order valence-corrected chi connectivity index (χ0v) is 11.3.